The van der Waals surface area contributed by atoms with Crippen molar-refractivity contribution in [2.45, 2.75) is 26.8 Å². The molecule has 2 aromatic rings. The van der Waals surface area contributed by atoms with Crippen LogP contribution in [0.4, 0.5) is 11.4 Å². The molecule has 0 aliphatic carbocycles. The summed E-state index contributed by atoms with van der Waals surface area (Å²) in [7, 11) is -3.65. The third-order valence-electron chi connectivity index (χ3n) is 3.82. The lowest BCUT2D eigenvalue weighted by Crippen LogP contribution is -2.45. The summed E-state index contributed by atoms with van der Waals surface area (Å²) >= 11 is 0. The van der Waals surface area contributed by atoms with Crippen molar-refractivity contribution in [1.82, 2.24) is 0 Å². The first-order chi connectivity index (χ1) is 12.2. The maximum Gasteiger partial charge on any atom is 0.248 e. The Bertz CT molecular complexity index is 863. The van der Waals surface area contributed by atoms with Crippen molar-refractivity contribution >= 4 is 27.3 Å². The number of rotatable bonds is 7. The quantitative estimate of drug-likeness (QED) is 0.805. The molecule has 0 saturated carbocycles. The second kappa shape index (κ2) is 8.23. The zero-order valence-corrected chi connectivity index (χ0v) is 16.2. The zero-order valence-electron chi connectivity index (χ0n) is 15.4. The first kappa shape index (κ1) is 19.8. The van der Waals surface area contributed by atoms with Crippen LogP contribution in [0.25, 0.3) is 0 Å². The van der Waals surface area contributed by atoms with E-state index in [9.17, 15) is 13.2 Å². The van der Waals surface area contributed by atoms with Crippen LogP contribution in [0.3, 0.4) is 0 Å². The van der Waals surface area contributed by atoms with Gasteiger partial charge in [0.2, 0.25) is 15.9 Å². The van der Waals surface area contributed by atoms with Gasteiger partial charge in [-0.25, -0.2) is 8.42 Å². The lowest BCUT2D eigenvalue weighted by Gasteiger charge is -2.28. The number of hydrogen-bond acceptors (Lipinski definition) is 4. The average molecular weight is 376 g/mol. The molecule has 1 N–H and O–H groups in total. The minimum Gasteiger partial charge on any atom is -0.492 e. The van der Waals surface area contributed by atoms with Crippen molar-refractivity contribution in [2.24, 2.45) is 0 Å². The van der Waals surface area contributed by atoms with Crippen LogP contribution in [0.1, 0.15) is 19.4 Å². The topological polar surface area (TPSA) is 75.7 Å². The molecular weight excluding hydrogens is 352 g/mol. The summed E-state index contributed by atoms with van der Waals surface area (Å²) in [6.07, 6.45) is 1.09. The number of nitrogens with zero attached hydrogens (tertiary/aromatic N) is 1. The van der Waals surface area contributed by atoms with E-state index in [1.165, 1.54) is 0 Å². The zero-order chi connectivity index (χ0) is 19.3. The van der Waals surface area contributed by atoms with Gasteiger partial charge in [-0.05, 0) is 45.0 Å². The highest BCUT2D eigenvalue weighted by Gasteiger charge is 2.29. The molecule has 2 aromatic carbocycles. The molecule has 7 heteroatoms. The van der Waals surface area contributed by atoms with E-state index in [1.807, 2.05) is 26.0 Å². The van der Waals surface area contributed by atoms with Crippen molar-refractivity contribution in [3.63, 3.8) is 0 Å². The second-order valence-corrected chi connectivity index (χ2v) is 7.85. The Labute approximate surface area is 154 Å². The molecule has 2 rings (SSSR count). The number of aryl methyl sites for hydroxylation is 1. The Morgan fingerprint density at radius 2 is 1.77 bits per heavy atom. The molecule has 6 nitrogen and oxygen atoms in total. The Morgan fingerprint density at radius 3 is 2.35 bits per heavy atom. The fourth-order valence-corrected chi connectivity index (χ4v) is 3.76. The van der Waals surface area contributed by atoms with Crippen molar-refractivity contribution in [3.05, 3.63) is 54.1 Å². The summed E-state index contributed by atoms with van der Waals surface area (Å²) in [6.45, 7) is 5.78. The highest BCUT2D eigenvalue weighted by Crippen LogP contribution is 2.26. The number of nitrogens with one attached hydrogen (secondary N) is 1. The van der Waals surface area contributed by atoms with Gasteiger partial charge in [-0.2, -0.15) is 0 Å². The van der Waals surface area contributed by atoms with Gasteiger partial charge >= 0.3 is 0 Å². The van der Waals surface area contributed by atoms with Crippen molar-refractivity contribution < 1.29 is 17.9 Å². The van der Waals surface area contributed by atoms with E-state index in [-0.39, 0.29) is 0 Å². The molecule has 26 heavy (non-hydrogen) atoms. The number of amides is 1. The maximum atomic E-state index is 12.7. The predicted molar refractivity (Wildman–Crippen MR) is 104 cm³/mol. The van der Waals surface area contributed by atoms with Crippen molar-refractivity contribution in [1.29, 1.82) is 0 Å². The number of carbonyl (C=O) groups excluding carboxylic acids is 1. The van der Waals surface area contributed by atoms with Crippen molar-refractivity contribution in [2.75, 3.05) is 22.5 Å². The van der Waals surface area contributed by atoms with Crippen LogP contribution < -0.4 is 14.4 Å². The molecular formula is C19H24N2O4S. The van der Waals surface area contributed by atoms with Crippen LogP contribution >= 0.6 is 0 Å². The molecule has 140 valence electrons. The maximum absolute atomic E-state index is 12.7. The van der Waals surface area contributed by atoms with Crippen molar-refractivity contribution in [3.8, 4) is 5.75 Å². The molecule has 0 aliphatic heterocycles. The largest absolute Gasteiger partial charge is 0.492 e. The average Bonchev–Trinajstić information content (AvgIpc) is 2.57. The summed E-state index contributed by atoms with van der Waals surface area (Å²) in [5.41, 5.74) is 1.95. The Morgan fingerprint density at radius 1 is 1.15 bits per heavy atom. The number of ether oxygens (including phenoxy) is 1. The Balaban J connectivity index is 2.30. The van der Waals surface area contributed by atoms with E-state index in [0.717, 1.165) is 16.1 Å². The van der Waals surface area contributed by atoms with E-state index in [4.69, 9.17) is 4.74 Å². The van der Waals surface area contributed by atoms with Gasteiger partial charge < -0.3 is 10.1 Å². The molecule has 0 fully saturated rings. The van der Waals surface area contributed by atoms with Crippen LogP contribution in [-0.4, -0.2) is 33.2 Å². The standard InChI is InChI=1S/C19H24N2O4S/c1-5-25-18-9-7-6-8-17(18)20-19(22)15(3)21(26(4,23)24)16-12-10-14(2)11-13-16/h6-13,15H,5H2,1-4H3,(H,20,22)/t15-/m1/s1. The third kappa shape index (κ3) is 4.76. The highest BCUT2D eigenvalue weighted by atomic mass is 32.2. The summed E-state index contributed by atoms with van der Waals surface area (Å²) in [6, 6.07) is 13.1. The van der Waals surface area contributed by atoms with E-state index in [0.29, 0.717) is 23.7 Å². The van der Waals surface area contributed by atoms with Gasteiger partial charge in [-0.3, -0.25) is 9.10 Å². The molecule has 0 saturated heterocycles. The van der Waals surface area contributed by atoms with Crippen LogP contribution in [-0.2, 0) is 14.8 Å². The summed E-state index contributed by atoms with van der Waals surface area (Å²) in [5, 5.41) is 2.76. The molecule has 0 unspecified atom stereocenters. The number of anilines is 2. The smallest absolute Gasteiger partial charge is 0.248 e. The molecule has 1 atom stereocenters. The Hall–Kier alpha value is -2.54. The minimum absolute atomic E-state index is 0.442. The van der Waals surface area contributed by atoms with Crippen LogP contribution in [0.15, 0.2) is 48.5 Å². The molecule has 0 bridgehead atoms. The number of sulfonamides is 1. The Kier molecular flexibility index (Phi) is 6.26. The molecule has 1 amide bonds. The van der Waals surface area contributed by atoms with Crippen LogP contribution in [0, 0.1) is 6.92 Å². The van der Waals surface area contributed by atoms with Gasteiger partial charge in [-0.15, -0.1) is 0 Å². The van der Waals surface area contributed by atoms with Gasteiger partial charge in [0.15, 0.2) is 0 Å². The van der Waals surface area contributed by atoms with E-state index >= 15 is 0 Å². The number of hydrogen-bond donors (Lipinski definition) is 1. The molecule has 0 aliphatic rings. The summed E-state index contributed by atoms with van der Waals surface area (Å²) in [5.74, 6) is 0.0972. The monoisotopic (exact) mass is 376 g/mol. The molecule has 0 aromatic heterocycles. The summed E-state index contributed by atoms with van der Waals surface area (Å²) < 4.78 is 31.2. The molecule has 0 spiro atoms. The first-order valence-corrected chi connectivity index (χ1v) is 10.2. The second-order valence-electron chi connectivity index (χ2n) is 5.99. The summed E-state index contributed by atoms with van der Waals surface area (Å²) in [4.78, 5) is 12.7. The lowest BCUT2D eigenvalue weighted by molar-refractivity contribution is -0.116. The molecule has 0 heterocycles. The normalized spacial score (nSPS) is 12.3. The van der Waals surface area contributed by atoms with Gasteiger partial charge in [0.25, 0.3) is 0 Å². The lowest BCUT2D eigenvalue weighted by atomic mass is 10.2. The SMILES string of the molecule is CCOc1ccccc1NC(=O)[C@@H](C)N(c1ccc(C)cc1)S(C)(=O)=O. The van der Waals surface area contributed by atoms with E-state index in [2.05, 4.69) is 5.32 Å². The number of para-hydroxylation sites is 2. The minimum atomic E-state index is -3.65. The van der Waals surface area contributed by atoms with E-state index < -0.39 is 22.0 Å². The van der Waals surface area contributed by atoms with E-state index in [1.54, 1.807) is 43.3 Å². The third-order valence-corrected chi connectivity index (χ3v) is 5.06. The fraction of sp³-hybridized carbons (Fsp3) is 0.316. The van der Waals surface area contributed by atoms with Gasteiger partial charge in [0.05, 0.1) is 24.2 Å². The van der Waals surface area contributed by atoms with Gasteiger partial charge in [-0.1, -0.05) is 29.8 Å². The van der Waals surface area contributed by atoms with Crippen LogP contribution in [0.2, 0.25) is 0 Å². The van der Waals surface area contributed by atoms with Gasteiger partial charge in [0, 0.05) is 0 Å². The first-order valence-electron chi connectivity index (χ1n) is 8.32. The number of benzene rings is 2. The van der Waals surface area contributed by atoms with Gasteiger partial charge in [0.1, 0.15) is 11.8 Å². The fourth-order valence-electron chi connectivity index (χ4n) is 2.59. The number of carbonyl (C=O) groups is 1. The van der Waals surface area contributed by atoms with Crippen LogP contribution in [0.5, 0.6) is 5.75 Å². The molecule has 0 radical (unpaired) electrons. The predicted octanol–water partition coefficient (Wildman–Crippen LogP) is 3.19. The highest BCUT2D eigenvalue weighted by molar-refractivity contribution is 7.92.